The molecule has 2 heterocycles. The zero-order chi connectivity index (χ0) is 15.5. The molecule has 1 aromatic heterocycles. The Morgan fingerprint density at radius 3 is 3.00 bits per heavy atom. The Bertz CT molecular complexity index is 598. The van der Waals surface area contributed by atoms with Crippen LogP contribution in [0.4, 0.5) is 0 Å². The van der Waals surface area contributed by atoms with Gasteiger partial charge in [-0.15, -0.1) is 0 Å². The van der Waals surface area contributed by atoms with Crippen molar-refractivity contribution in [1.82, 2.24) is 14.1 Å². The first kappa shape index (κ1) is 15.9. The zero-order valence-corrected chi connectivity index (χ0v) is 12.6. The highest BCUT2D eigenvalue weighted by Crippen LogP contribution is 2.23. The normalized spacial score (nSPS) is 20.5. The lowest BCUT2D eigenvalue weighted by Gasteiger charge is -2.29. The molecule has 1 aliphatic rings. The van der Waals surface area contributed by atoms with Crippen molar-refractivity contribution in [2.75, 3.05) is 26.8 Å². The molecule has 0 aliphatic carbocycles. The molecule has 0 radical (unpaired) electrons. The van der Waals surface area contributed by atoms with Crippen LogP contribution in [0.25, 0.3) is 0 Å². The minimum atomic E-state index is -3.69. The Kier molecular flexibility index (Phi) is 4.96. The number of methoxy groups -OCH3 is 1. The molecule has 1 unspecified atom stereocenters. The first-order valence-electron chi connectivity index (χ1n) is 6.69. The van der Waals surface area contributed by atoms with Crippen molar-refractivity contribution in [3.05, 3.63) is 12.4 Å². The van der Waals surface area contributed by atoms with Gasteiger partial charge in [-0.25, -0.2) is 8.42 Å². The van der Waals surface area contributed by atoms with Gasteiger partial charge in [-0.3, -0.25) is 9.48 Å². The number of aliphatic carboxylic acids is 1. The van der Waals surface area contributed by atoms with Crippen molar-refractivity contribution in [3.8, 4) is 0 Å². The number of hydrogen-bond acceptors (Lipinski definition) is 5. The second kappa shape index (κ2) is 6.54. The van der Waals surface area contributed by atoms with Gasteiger partial charge in [-0.1, -0.05) is 0 Å². The van der Waals surface area contributed by atoms with Crippen molar-refractivity contribution in [3.63, 3.8) is 0 Å². The quantitative estimate of drug-likeness (QED) is 0.793. The van der Waals surface area contributed by atoms with Crippen LogP contribution >= 0.6 is 0 Å². The lowest BCUT2D eigenvalue weighted by Crippen LogP contribution is -2.42. The first-order chi connectivity index (χ1) is 9.95. The van der Waals surface area contributed by atoms with Gasteiger partial charge in [0.1, 0.15) is 4.90 Å². The van der Waals surface area contributed by atoms with Crippen molar-refractivity contribution in [2.24, 2.45) is 5.92 Å². The van der Waals surface area contributed by atoms with Crippen molar-refractivity contribution in [2.45, 2.75) is 24.3 Å². The lowest BCUT2D eigenvalue weighted by atomic mass is 10.0. The molecule has 1 aliphatic heterocycles. The van der Waals surface area contributed by atoms with Crippen LogP contribution < -0.4 is 0 Å². The van der Waals surface area contributed by atoms with E-state index in [0.29, 0.717) is 32.5 Å². The summed E-state index contributed by atoms with van der Waals surface area (Å²) in [7, 11) is -2.13. The average Bonchev–Trinajstić information content (AvgIpc) is 2.94. The smallest absolute Gasteiger partial charge is 0.307 e. The fourth-order valence-electron chi connectivity index (χ4n) is 2.30. The number of hydrogen-bond donors (Lipinski definition) is 1. The van der Waals surface area contributed by atoms with E-state index >= 15 is 0 Å². The molecule has 0 amide bonds. The van der Waals surface area contributed by atoms with Gasteiger partial charge in [0.25, 0.3) is 0 Å². The van der Waals surface area contributed by atoms with Crippen LogP contribution in [0.15, 0.2) is 17.3 Å². The number of carbonyl (C=O) groups is 1. The van der Waals surface area contributed by atoms with E-state index in [4.69, 9.17) is 9.84 Å². The van der Waals surface area contributed by atoms with Gasteiger partial charge in [-0.05, 0) is 12.8 Å². The monoisotopic (exact) mass is 317 g/mol. The van der Waals surface area contributed by atoms with Gasteiger partial charge in [0.2, 0.25) is 10.0 Å². The average molecular weight is 317 g/mol. The van der Waals surface area contributed by atoms with Crippen LogP contribution in [-0.2, 0) is 26.1 Å². The summed E-state index contributed by atoms with van der Waals surface area (Å²) in [6, 6.07) is 0. The number of carboxylic acid groups (broad SMARTS) is 1. The van der Waals surface area contributed by atoms with E-state index in [1.54, 1.807) is 7.11 Å². The Balaban J connectivity index is 2.13. The van der Waals surface area contributed by atoms with Gasteiger partial charge in [0.15, 0.2) is 0 Å². The fourth-order valence-corrected chi connectivity index (χ4v) is 3.78. The first-order valence-corrected chi connectivity index (χ1v) is 8.13. The maximum atomic E-state index is 12.5. The van der Waals surface area contributed by atoms with E-state index in [2.05, 4.69) is 5.10 Å². The minimum absolute atomic E-state index is 0.0148. The number of carboxylic acids is 1. The summed E-state index contributed by atoms with van der Waals surface area (Å²) < 4.78 is 32.6. The fraction of sp³-hybridized carbons (Fsp3) is 0.667. The van der Waals surface area contributed by atoms with Gasteiger partial charge in [0, 0.05) is 26.4 Å². The third-order valence-corrected chi connectivity index (χ3v) is 5.32. The maximum absolute atomic E-state index is 12.5. The Morgan fingerprint density at radius 1 is 1.57 bits per heavy atom. The molecule has 1 atom stereocenters. The molecule has 0 spiro atoms. The molecule has 0 bridgehead atoms. The molecule has 0 aromatic carbocycles. The molecule has 1 saturated heterocycles. The molecule has 1 fully saturated rings. The van der Waals surface area contributed by atoms with E-state index in [0.717, 1.165) is 0 Å². The van der Waals surface area contributed by atoms with Gasteiger partial charge in [0.05, 0.1) is 25.3 Å². The summed E-state index contributed by atoms with van der Waals surface area (Å²) in [6.07, 6.45) is 3.79. The Labute approximate surface area is 123 Å². The summed E-state index contributed by atoms with van der Waals surface area (Å²) in [5.41, 5.74) is 0. The summed E-state index contributed by atoms with van der Waals surface area (Å²) in [4.78, 5) is 11.1. The summed E-state index contributed by atoms with van der Waals surface area (Å²) in [6.45, 7) is 1.26. The Hall–Kier alpha value is -1.45. The van der Waals surface area contributed by atoms with Crippen LogP contribution in [0.1, 0.15) is 12.8 Å². The lowest BCUT2D eigenvalue weighted by molar-refractivity contribution is -0.142. The highest BCUT2D eigenvalue weighted by Gasteiger charge is 2.33. The van der Waals surface area contributed by atoms with Crippen molar-refractivity contribution < 1.29 is 23.1 Å². The molecular formula is C12H19N3O5S. The van der Waals surface area contributed by atoms with Gasteiger partial charge >= 0.3 is 5.97 Å². The third-order valence-electron chi connectivity index (χ3n) is 3.51. The molecule has 21 heavy (non-hydrogen) atoms. The van der Waals surface area contributed by atoms with Crippen molar-refractivity contribution in [1.29, 1.82) is 0 Å². The number of sulfonamides is 1. The maximum Gasteiger partial charge on any atom is 0.307 e. The van der Waals surface area contributed by atoms with Gasteiger partial charge < -0.3 is 9.84 Å². The molecule has 0 saturated carbocycles. The number of ether oxygens (including phenoxy) is 1. The second-order valence-electron chi connectivity index (χ2n) is 4.97. The van der Waals surface area contributed by atoms with E-state index in [1.165, 1.54) is 21.4 Å². The predicted molar refractivity (Wildman–Crippen MR) is 73.2 cm³/mol. The van der Waals surface area contributed by atoms with Gasteiger partial charge in [-0.2, -0.15) is 9.40 Å². The number of aromatic nitrogens is 2. The largest absolute Gasteiger partial charge is 0.481 e. The van der Waals surface area contributed by atoms with E-state index in [1.807, 2.05) is 0 Å². The molecule has 8 nitrogen and oxygen atoms in total. The van der Waals surface area contributed by atoms with Crippen LogP contribution in [0.2, 0.25) is 0 Å². The molecule has 2 rings (SSSR count). The number of piperidine rings is 1. The van der Waals surface area contributed by atoms with Crippen LogP contribution in [0, 0.1) is 5.92 Å². The van der Waals surface area contributed by atoms with Crippen LogP contribution in [-0.4, -0.2) is 60.4 Å². The van der Waals surface area contributed by atoms with E-state index < -0.39 is 21.9 Å². The molecular weight excluding hydrogens is 298 g/mol. The summed E-state index contributed by atoms with van der Waals surface area (Å²) >= 11 is 0. The highest BCUT2D eigenvalue weighted by atomic mass is 32.2. The van der Waals surface area contributed by atoms with Crippen LogP contribution in [0.3, 0.4) is 0 Å². The predicted octanol–water partition coefficient (Wildman–Crippen LogP) is 0.0148. The zero-order valence-electron chi connectivity index (χ0n) is 11.8. The second-order valence-corrected chi connectivity index (χ2v) is 6.91. The van der Waals surface area contributed by atoms with E-state index in [9.17, 15) is 13.2 Å². The molecule has 9 heteroatoms. The topological polar surface area (TPSA) is 102 Å². The SMILES string of the molecule is COCCn1cc(S(=O)(=O)N2CCCC(C(=O)O)C2)cn1. The van der Waals surface area contributed by atoms with Crippen LogP contribution in [0.5, 0.6) is 0 Å². The van der Waals surface area contributed by atoms with Crippen molar-refractivity contribution >= 4 is 16.0 Å². The summed E-state index contributed by atoms with van der Waals surface area (Å²) in [5, 5.41) is 13.0. The number of rotatable bonds is 6. The highest BCUT2D eigenvalue weighted by molar-refractivity contribution is 7.89. The number of nitrogens with zero attached hydrogens (tertiary/aromatic N) is 3. The summed E-state index contributed by atoms with van der Waals surface area (Å²) in [5.74, 6) is -1.59. The standard InChI is InChI=1S/C12H19N3O5S/c1-20-6-5-14-9-11(7-13-14)21(18,19)15-4-2-3-10(8-15)12(16)17/h7,9-10H,2-6,8H2,1H3,(H,16,17). The third kappa shape index (κ3) is 3.60. The Morgan fingerprint density at radius 2 is 2.33 bits per heavy atom. The van der Waals surface area contributed by atoms with E-state index in [-0.39, 0.29) is 11.4 Å². The molecule has 1 N–H and O–H groups in total. The molecule has 1 aromatic rings. The molecule has 118 valence electrons. The minimum Gasteiger partial charge on any atom is -0.481 e.